The van der Waals surface area contributed by atoms with Crippen LogP contribution in [-0.4, -0.2) is 35.9 Å². The molecule has 0 aliphatic rings. The summed E-state index contributed by atoms with van der Waals surface area (Å²) in [5, 5.41) is 10.1. The second-order valence-corrected chi connectivity index (χ2v) is 13.5. The van der Waals surface area contributed by atoms with Gasteiger partial charge in [0.25, 0.3) is 0 Å². The van der Waals surface area contributed by atoms with Gasteiger partial charge in [0.15, 0.2) is 6.10 Å². The zero-order valence-electron chi connectivity index (χ0n) is 29.9. The summed E-state index contributed by atoms with van der Waals surface area (Å²) < 4.78 is 10.6. The monoisotopic (exact) mass is 625 g/mol. The Morgan fingerprint density at radius 3 is 1.18 bits per heavy atom. The van der Waals surface area contributed by atoms with Crippen molar-refractivity contribution in [3.8, 4) is 0 Å². The molecule has 1 N–H and O–H groups in total. The van der Waals surface area contributed by atoms with E-state index in [1.54, 1.807) is 6.92 Å². The van der Waals surface area contributed by atoms with Crippen LogP contribution in [0.15, 0.2) is 0 Å². The summed E-state index contributed by atoms with van der Waals surface area (Å²) in [5.74, 6) is -0.837. The highest BCUT2D eigenvalue weighted by molar-refractivity contribution is 5.74. The van der Waals surface area contributed by atoms with Gasteiger partial charge in [0.1, 0.15) is 12.7 Å². The van der Waals surface area contributed by atoms with Crippen molar-refractivity contribution in [2.24, 2.45) is 0 Å². The maximum absolute atomic E-state index is 12.1. The van der Waals surface area contributed by atoms with E-state index in [2.05, 4.69) is 13.8 Å². The lowest BCUT2D eigenvalue weighted by molar-refractivity contribution is -0.163. The second-order valence-electron chi connectivity index (χ2n) is 13.5. The Morgan fingerprint density at radius 1 is 0.500 bits per heavy atom. The Balaban J connectivity index is 3.50. The van der Waals surface area contributed by atoms with Crippen LogP contribution < -0.4 is 0 Å². The molecule has 0 aromatic rings. The summed E-state index contributed by atoms with van der Waals surface area (Å²) in [6.07, 6.45) is 36.6. The van der Waals surface area contributed by atoms with E-state index >= 15 is 0 Å². The number of aliphatic hydroxyl groups excluding tert-OH is 1. The quantitative estimate of drug-likeness (QED) is 0.0561. The van der Waals surface area contributed by atoms with E-state index in [9.17, 15) is 14.7 Å². The maximum Gasteiger partial charge on any atom is 0.335 e. The van der Waals surface area contributed by atoms with E-state index in [4.69, 9.17) is 9.47 Å². The lowest BCUT2D eigenvalue weighted by atomic mass is 10.0. The van der Waals surface area contributed by atoms with Crippen molar-refractivity contribution in [1.82, 2.24) is 0 Å². The summed E-state index contributed by atoms with van der Waals surface area (Å²) in [7, 11) is 0. The van der Waals surface area contributed by atoms with Crippen LogP contribution in [0, 0.1) is 0 Å². The number of rotatable bonds is 35. The number of carbonyl (C=O) groups is 2. The zero-order valence-corrected chi connectivity index (χ0v) is 29.9. The van der Waals surface area contributed by atoms with E-state index in [1.807, 2.05) is 0 Å². The standard InChI is InChI=1S/C39H76O5/c1-4-6-8-10-12-14-16-18-20-22-24-26-28-30-32-34-38(41)44-36(3)35-43-39(42)37(40)33-31-29-27-25-23-21-19-17-15-13-11-9-7-5-2/h36-37,40H,4-35H2,1-3H3. The SMILES string of the molecule is CCCCCCCCCCCCCCCCCC(=O)OC(C)COC(=O)C(O)CCCCCCCCCCCCCCCC. The molecule has 262 valence electrons. The van der Waals surface area contributed by atoms with Crippen LogP contribution >= 0.6 is 0 Å². The number of hydrogen-bond donors (Lipinski definition) is 1. The summed E-state index contributed by atoms with van der Waals surface area (Å²) >= 11 is 0. The first-order valence-electron chi connectivity index (χ1n) is 19.5. The van der Waals surface area contributed by atoms with Crippen LogP contribution in [0.3, 0.4) is 0 Å². The van der Waals surface area contributed by atoms with Crippen molar-refractivity contribution in [2.45, 2.75) is 232 Å². The van der Waals surface area contributed by atoms with Crippen LogP contribution in [0.2, 0.25) is 0 Å². The Hall–Kier alpha value is -1.10. The van der Waals surface area contributed by atoms with Gasteiger partial charge in [0.2, 0.25) is 0 Å². The molecule has 0 heterocycles. The molecule has 0 rings (SSSR count). The van der Waals surface area contributed by atoms with Crippen molar-refractivity contribution >= 4 is 11.9 Å². The minimum Gasteiger partial charge on any atom is -0.460 e. The number of esters is 2. The van der Waals surface area contributed by atoms with E-state index < -0.39 is 18.2 Å². The third-order valence-electron chi connectivity index (χ3n) is 8.88. The molecule has 0 saturated heterocycles. The van der Waals surface area contributed by atoms with Gasteiger partial charge in [-0.1, -0.05) is 194 Å². The van der Waals surface area contributed by atoms with Gasteiger partial charge >= 0.3 is 11.9 Å². The molecular weight excluding hydrogens is 548 g/mol. The van der Waals surface area contributed by atoms with Gasteiger partial charge in [-0.05, 0) is 19.8 Å². The summed E-state index contributed by atoms with van der Waals surface area (Å²) in [6.45, 7) is 6.27. The van der Waals surface area contributed by atoms with Gasteiger partial charge in [-0.2, -0.15) is 0 Å². The molecule has 0 aliphatic carbocycles. The fraction of sp³-hybridized carbons (Fsp3) is 0.949. The normalized spacial score (nSPS) is 12.7. The lowest BCUT2D eigenvalue weighted by Crippen LogP contribution is -2.28. The van der Waals surface area contributed by atoms with Crippen LogP contribution in [0.5, 0.6) is 0 Å². The van der Waals surface area contributed by atoms with Gasteiger partial charge in [-0.15, -0.1) is 0 Å². The molecule has 5 nitrogen and oxygen atoms in total. The van der Waals surface area contributed by atoms with Crippen molar-refractivity contribution in [1.29, 1.82) is 0 Å². The first kappa shape index (κ1) is 42.9. The van der Waals surface area contributed by atoms with Crippen LogP contribution in [0.25, 0.3) is 0 Å². The average Bonchev–Trinajstić information content (AvgIpc) is 3.01. The van der Waals surface area contributed by atoms with Crippen LogP contribution in [0.4, 0.5) is 0 Å². The third-order valence-corrected chi connectivity index (χ3v) is 8.88. The Bertz CT molecular complexity index is 607. The fourth-order valence-electron chi connectivity index (χ4n) is 5.90. The van der Waals surface area contributed by atoms with Gasteiger partial charge < -0.3 is 14.6 Å². The van der Waals surface area contributed by atoms with E-state index in [0.29, 0.717) is 12.8 Å². The Morgan fingerprint density at radius 2 is 0.818 bits per heavy atom. The second kappa shape index (κ2) is 34.8. The highest BCUT2D eigenvalue weighted by Crippen LogP contribution is 2.16. The van der Waals surface area contributed by atoms with Gasteiger partial charge in [-0.25, -0.2) is 4.79 Å². The smallest absolute Gasteiger partial charge is 0.335 e. The molecule has 0 aliphatic heterocycles. The van der Waals surface area contributed by atoms with Crippen molar-refractivity contribution in [3.05, 3.63) is 0 Å². The Kier molecular flexibility index (Phi) is 33.9. The molecule has 0 aromatic heterocycles. The highest BCUT2D eigenvalue weighted by atomic mass is 16.6. The molecule has 0 aromatic carbocycles. The van der Waals surface area contributed by atoms with Crippen LogP contribution in [0.1, 0.15) is 220 Å². The molecule has 0 fully saturated rings. The first-order valence-corrected chi connectivity index (χ1v) is 19.5. The van der Waals surface area contributed by atoms with Gasteiger partial charge in [0, 0.05) is 6.42 Å². The molecule has 5 heteroatoms. The number of hydrogen-bond acceptors (Lipinski definition) is 5. The number of carbonyl (C=O) groups excluding carboxylic acids is 2. The number of ether oxygens (including phenoxy) is 2. The number of aliphatic hydroxyl groups is 1. The highest BCUT2D eigenvalue weighted by Gasteiger charge is 2.18. The molecule has 2 atom stereocenters. The molecule has 0 spiro atoms. The van der Waals surface area contributed by atoms with E-state index in [1.165, 1.54) is 154 Å². The molecule has 0 amide bonds. The van der Waals surface area contributed by atoms with Crippen molar-refractivity contribution < 1.29 is 24.2 Å². The van der Waals surface area contributed by atoms with E-state index in [0.717, 1.165) is 32.1 Å². The summed E-state index contributed by atoms with van der Waals surface area (Å²) in [5.41, 5.74) is 0. The van der Waals surface area contributed by atoms with Gasteiger partial charge in [-0.3, -0.25) is 4.79 Å². The summed E-state index contributed by atoms with van der Waals surface area (Å²) in [6, 6.07) is 0. The predicted molar refractivity (Wildman–Crippen MR) is 187 cm³/mol. The molecular formula is C39H76O5. The van der Waals surface area contributed by atoms with Crippen LogP contribution in [-0.2, 0) is 19.1 Å². The maximum atomic E-state index is 12.1. The summed E-state index contributed by atoms with van der Waals surface area (Å²) in [4.78, 5) is 24.2. The zero-order chi connectivity index (χ0) is 32.4. The minimum absolute atomic E-state index is 0.000763. The van der Waals surface area contributed by atoms with E-state index in [-0.39, 0.29) is 12.6 Å². The molecule has 0 saturated carbocycles. The van der Waals surface area contributed by atoms with Crippen molar-refractivity contribution in [3.63, 3.8) is 0 Å². The Labute approximate surface area is 274 Å². The van der Waals surface area contributed by atoms with Gasteiger partial charge in [0.05, 0.1) is 0 Å². The van der Waals surface area contributed by atoms with Crippen molar-refractivity contribution in [2.75, 3.05) is 6.61 Å². The fourth-order valence-corrected chi connectivity index (χ4v) is 5.90. The molecule has 0 bridgehead atoms. The minimum atomic E-state index is -1.09. The average molecular weight is 625 g/mol. The molecule has 44 heavy (non-hydrogen) atoms. The first-order chi connectivity index (χ1) is 21.5. The third kappa shape index (κ3) is 32.3. The topological polar surface area (TPSA) is 72.8 Å². The predicted octanol–water partition coefficient (Wildman–Crippen LogP) is 12.0. The lowest BCUT2D eigenvalue weighted by Gasteiger charge is -2.15. The number of unbranched alkanes of at least 4 members (excludes halogenated alkanes) is 27. The molecule has 2 unspecified atom stereocenters. The molecule has 0 radical (unpaired) electrons. The largest absolute Gasteiger partial charge is 0.460 e.